The molecule has 26 heavy (non-hydrogen) atoms. The molecule has 1 heterocycles. The van der Waals surface area contributed by atoms with E-state index >= 15 is 0 Å². The molecule has 0 saturated carbocycles. The van der Waals surface area contributed by atoms with Crippen molar-refractivity contribution in [3.8, 4) is 0 Å². The Bertz CT molecular complexity index is 699. The highest BCUT2D eigenvalue weighted by molar-refractivity contribution is 5.82. The van der Waals surface area contributed by atoms with Gasteiger partial charge in [0.1, 0.15) is 0 Å². The second-order valence-electron chi connectivity index (χ2n) is 6.36. The summed E-state index contributed by atoms with van der Waals surface area (Å²) < 4.78 is 5.44. The zero-order chi connectivity index (χ0) is 18.2. The van der Waals surface area contributed by atoms with Crippen molar-refractivity contribution >= 4 is 17.3 Å². The lowest BCUT2D eigenvalue weighted by molar-refractivity contribution is -0.129. The third-order valence-electron chi connectivity index (χ3n) is 4.64. The number of morpholine rings is 1. The molecule has 3 rings (SSSR count). The summed E-state index contributed by atoms with van der Waals surface area (Å²) in [4.78, 5) is 16.8. The van der Waals surface area contributed by atoms with Gasteiger partial charge in [-0.3, -0.25) is 4.79 Å². The van der Waals surface area contributed by atoms with Crippen molar-refractivity contribution in [2.24, 2.45) is 0 Å². The Hall–Kier alpha value is -2.53. The first-order valence-corrected chi connectivity index (χ1v) is 9.25. The monoisotopic (exact) mass is 353 g/mol. The number of likely N-dealkylation sites (N-methyl/N-ethyl adjacent to an activating group) is 1. The number of hydrogen-bond donors (Lipinski definition) is 1. The van der Waals surface area contributed by atoms with Crippen molar-refractivity contribution in [3.05, 3.63) is 60.2 Å². The topological polar surface area (TPSA) is 44.8 Å². The average Bonchev–Trinajstić information content (AvgIpc) is 2.72. The van der Waals surface area contributed by atoms with Crippen LogP contribution in [0.3, 0.4) is 0 Å². The van der Waals surface area contributed by atoms with Gasteiger partial charge < -0.3 is 19.9 Å². The molecule has 1 amide bonds. The SMILES string of the molecule is CCN(Cc1ccccc1)C(=O)CNc1ccccc1N1CCOCC1. The van der Waals surface area contributed by atoms with Crippen molar-refractivity contribution in [2.45, 2.75) is 13.5 Å². The first-order chi connectivity index (χ1) is 12.8. The fourth-order valence-corrected chi connectivity index (χ4v) is 3.17. The number of carbonyl (C=O) groups is 1. The van der Waals surface area contributed by atoms with Crippen molar-refractivity contribution in [1.29, 1.82) is 0 Å². The third-order valence-corrected chi connectivity index (χ3v) is 4.64. The molecule has 5 nitrogen and oxygen atoms in total. The minimum atomic E-state index is 0.105. The Balaban J connectivity index is 1.61. The molecule has 5 heteroatoms. The van der Waals surface area contributed by atoms with Crippen LogP contribution < -0.4 is 10.2 Å². The average molecular weight is 353 g/mol. The molecule has 0 aromatic heterocycles. The highest BCUT2D eigenvalue weighted by atomic mass is 16.5. The van der Waals surface area contributed by atoms with Gasteiger partial charge in [0.05, 0.1) is 31.1 Å². The molecule has 0 aliphatic carbocycles. The number of ether oxygens (including phenoxy) is 1. The largest absolute Gasteiger partial charge is 0.378 e. The lowest BCUT2D eigenvalue weighted by atomic mass is 10.2. The van der Waals surface area contributed by atoms with E-state index < -0.39 is 0 Å². The van der Waals surface area contributed by atoms with E-state index in [0.29, 0.717) is 19.6 Å². The van der Waals surface area contributed by atoms with Crippen LogP contribution in [0.15, 0.2) is 54.6 Å². The summed E-state index contributed by atoms with van der Waals surface area (Å²) in [5.41, 5.74) is 3.28. The molecule has 1 aliphatic rings. The number of rotatable bonds is 7. The number of amides is 1. The van der Waals surface area contributed by atoms with Crippen LogP contribution in [-0.2, 0) is 16.1 Å². The first kappa shape index (κ1) is 18.3. The lowest BCUT2D eigenvalue weighted by Crippen LogP contribution is -2.37. The number of hydrogen-bond acceptors (Lipinski definition) is 4. The number of carbonyl (C=O) groups excluding carboxylic acids is 1. The van der Waals surface area contributed by atoms with Crippen LogP contribution in [0.5, 0.6) is 0 Å². The molecule has 0 radical (unpaired) electrons. The Morgan fingerprint density at radius 3 is 2.50 bits per heavy atom. The third kappa shape index (κ3) is 4.76. The summed E-state index contributed by atoms with van der Waals surface area (Å²) >= 11 is 0. The number of nitrogens with zero attached hydrogens (tertiary/aromatic N) is 2. The van der Waals surface area contributed by atoms with Crippen LogP contribution in [0.1, 0.15) is 12.5 Å². The van der Waals surface area contributed by atoms with Crippen LogP contribution in [0.2, 0.25) is 0 Å². The minimum Gasteiger partial charge on any atom is -0.378 e. The molecule has 0 unspecified atom stereocenters. The fourth-order valence-electron chi connectivity index (χ4n) is 3.17. The Labute approximate surface area is 155 Å². The highest BCUT2D eigenvalue weighted by Crippen LogP contribution is 2.26. The number of benzene rings is 2. The predicted octanol–water partition coefficient (Wildman–Crippen LogP) is 2.98. The molecule has 2 aromatic carbocycles. The molecular weight excluding hydrogens is 326 g/mol. The highest BCUT2D eigenvalue weighted by Gasteiger charge is 2.16. The van der Waals surface area contributed by atoms with E-state index in [1.54, 1.807) is 0 Å². The van der Waals surface area contributed by atoms with Gasteiger partial charge in [0.25, 0.3) is 0 Å². The molecule has 1 aliphatic heterocycles. The zero-order valence-electron chi connectivity index (χ0n) is 15.4. The predicted molar refractivity (Wildman–Crippen MR) is 105 cm³/mol. The smallest absolute Gasteiger partial charge is 0.242 e. The van der Waals surface area contributed by atoms with Crippen molar-refractivity contribution < 1.29 is 9.53 Å². The van der Waals surface area contributed by atoms with Crippen molar-refractivity contribution in [2.75, 3.05) is 49.6 Å². The molecule has 2 aromatic rings. The molecule has 1 fully saturated rings. The van der Waals surface area contributed by atoms with E-state index in [2.05, 4.69) is 28.4 Å². The van der Waals surface area contributed by atoms with E-state index in [1.165, 1.54) is 0 Å². The first-order valence-electron chi connectivity index (χ1n) is 9.25. The summed E-state index contributed by atoms with van der Waals surface area (Å²) in [7, 11) is 0. The van der Waals surface area contributed by atoms with Crippen LogP contribution in [0.25, 0.3) is 0 Å². The Kier molecular flexibility index (Phi) is 6.50. The van der Waals surface area contributed by atoms with Crippen LogP contribution in [0, 0.1) is 0 Å². The summed E-state index contributed by atoms with van der Waals surface area (Å²) in [5.74, 6) is 0.105. The molecule has 138 valence electrons. The van der Waals surface area contributed by atoms with Gasteiger partial charge in [0.15, 0.2) is 0 Å². The number of nitrogens with one attached hydrogen (secondary N) is 1. The zero-order valence-corrected chi connectivity index (χ0v) is 15.4. The molecule has 1 saturated heterocycles. The van der Waals surface area contributed by atoms with Gasteiger partial charge in [-0.2, -0.15) is 0 Å². The molecule has 0 atom stereocenters. The van der Waals surface area contributed by atoms with Gasteiger partial charge in [-0.05, 0) is 24.6 Å². The van der Waals surface area contributed by atoms with E-state index in [0.717, 1.165) is 43.2 Å². The summed E-state index contributed by atoms with van der Waals surface area (Å²) in [6.45, 7) is 6.89. The van der Waals surface area contributed by atoms with Gasteiger partial charge in [-0.25, -0.2) is 0 Å². The Morgan fingerprint density at radius 1 is 1.08 bits per heavy atom. The van der Waals surface area contributed by atoms with Gasteiger partial charge in [-0.15, -0.1) is 0 Å². The van der Waals surface area contributed by atoms with Crippen LogP contribution >= 0.6 is 0 Å². The fraction of sp³-hybridized carbons (Fsp3) is 0.381. The maximum atomic E-state index is 12.7. The van der Waals surface area contributed by atoms with Gasteiger partial charge in [-0.1, -0.05) is 42.5 Å². The van der Waals surface area contributed by atoms with E-state index in [4.69, 9.17) is 4.74 Å². The van der Waals surface area contributed by atoms with Gasteiger partial charge >= 0.3 is 0 Å². The second-order valence-corrected chi connectivity index (χ2v) is 6.36. The summed E-state index contributed by atoms with van der Waals surface area (Å²) in [6, 6.07) is 18.3. The number of anilines is 2. The van der Waals surface area contributed by atoms with E-state index in [-0.39, 0.29) is 5.91 Å². The van der Waals surface area contributed by atoms with E-state index in [1.807, 2.05) is 48.2 Å². The van der Waals surface area contributed by atoms with Crippen LogP contribution in [0.4, 0.5) is 11.4 Å². The normalized spacial score (nSPS) is 14.1. The summed E-state index contributed by atoms with van der Waals surface area (Å²) in [5, 5.41) is 3.34. The molecular formula is C21H27N3O2. The van der Waals surface area contributed by atoms with Gasteiger partial charge in [0, 0.05) is 26.2 Å². The summed E-state index contributed by atoms with van der Waals surface area (Å²) in [6.07, 6.45) is 0. The molecule has 0 spiro atoms. The van der Waals surface area contributed by atoms with E-state index in [9.17, 15) is 4.79 Å². The van der Waals surface area contributed by atoms with Crippen molar-refractivity contribution in [1.82, 2.24) is 4.90 Å². The van der Waals surface area contributed by atoms with Crippen LogP contribution in [-0.4, -0.2) is 50.2 Å². The maximum Gasteiger partial charge on any atom is 0.242 e. The minimum absolute atomic E-state index is 0.105. The van der Waals surface area contributed by atoms with Gasteiger partial charge in [0.2, 0.25) is 5.91 Å². The maximum absolute atomic E-state index is 12.7. The van der Waals surface area contributed by atoms with Crippen molar-refractivity contribution in [3.63, 3.8) is 0 Å². The second kappa shape index (κ2) is 9.25. The lowest BCUT2D eigenvalue weighted by Gasteiger charge is -2.31. The Morgan fingerprint density at radius 2 is 1.77 bits per heavy atom. The quantitative estimate of drug-likeness (QED) is 0.831. The molecule has 1 N–H and O–H groups in total. The molecule has 0 bridgehead atoms. The standard InChI is InChI=1S/C21H27N3O2/c1-2-23(17-18-8-4-3-5-9-18)21(25)16-22-19-10-6-7-11-20(19)24-12-14-26-15-13-24/h3-11,22H,2,12-17H2,1H3. The number of para-hydroxylation sites is 2.